The third-order valence-corrected chi connectivity index (χ3v) is 4.45. The predicted molar refractivity (Wildman–Crippen MR) is 100 cm³/mol. The fourth-order valence-electron chi connectivity index (χ4n) is 2.21. The van der Waals surface area contributed by atoms with Crippen LogP contribution in [0, 0.1) is 6.92 Å². The van der Waals surface area contributed by atoms with Crippen molar-refractivity contribution in [2.24, 2.45) is 0 Å². The molecule has 0 amide bonds. The van der Waals surface area contributed by atoms with Crippen LogP contribution in [0.15, 0.2) is 41.9 Å². The number of aromatic nitrogens is 2. The van der Waals surface area contributed by atoms with Gasteiger partial charge in [0.05, 0.1) is 11.9 Å². The highest BCUT2D eigenvalue weighted by molar-refractivity contribution is 7.13. The van der Waals surface area contributed by atoms with Crippen molar-refractivity contribution in [3.05, 3.63) is 53.2 Å². The molecule has 0 aliphatic rings. The van der Waals surface area contributed by atoms with Crippen LogP contribution in [0.2, 0.25) is 0 Å². The molecule has 3 aromatic rings. The summed E-state index contributed by atoms with van der Waals surface area (Å²) in [5, 5.41) is 3.97. The first-order valence-corrected chi connectivity index (χ1v) is 8.82. The first-order chi connectivity index (χ1) is 12.7. The molecule has 0 aliphatic heterocycles. The van der Waals surface area contributed by atoms with Crippen molar-refractivity contribution in [1.82, 2.24) is 9.97 Å². The van der Waals surface area contributed by atoms with Gasteiger partial charge in [-0.1, -0.05) is 18.2 Å². The van der Waals surface area contributed by atoms with E-state index >= 15 is 0 Å². The van der Waals surface area contributed by atoms with Crippen molar-refractivity contribution in [3.63, 3.8) is 0 Å². The molecule has 5 nitrogen and oxygen atoms in total. The van der Waals surface area contributed by atoms with Gasteiger partial charge in [-0.2, -0.15) is 13.2 Å². The minimum Gasteiger partial charge on any atom is -0.437 e. The lowest BCUT2D eigenvalue weighted by atomic mass is 10.2. The second-order valence-electron chi connectivity index (χ2n) is 5.97. The van der Waals surface area contributed by atoms with Crippen LogP contribution in [0.25, 0.3) is 0 Å². The summed E-state index contributed by atoms with van der Waals surface area (Å²) in [7, 11) is 3.68. The lowest BCUT2D eigenvalue weighted by Crippen LogP contribution is -2.10. The Hall–Kier alpha value is -2.81. The summed E-state index contributed by atoms with van der Waals surface area (Å²) in [6.45, 7) is 1.90. The fourth-order valence-corrected chi connectivity index (χ4v) is 2.94. The number of aryl methyl sites for hydroxylation is 1. The lowest BCUT2D eigenvalue weighted by Gasteiger charge is -2.17. The van der Waals surface area contributed by atoms with Crippen molar-refractivity contribution < 1.29 is 17.9 Å². The summed E-state index contributed by atoms with van der Waals surface area (Å²) in [6.07, 6.45) is -2.86. The topological polar surface area (TPSA) is 50.3 Å². The van der Waals surface area contributed by atoms with E-state index in [4.69, 9.17) is 4.74 Å². The Bertz CT molecular complexity index is 940. The molecule has 2 aromatic heterocycles. The molecule has 9 heteroatoms. The molecule has 0 radical (unpaired) electrons. The van der Waals surface area contributed by atoms with Crippen LogP contribution in [-0.4, -0.2) is 24.1 Å². The van der Waals surface area contributed by atoms with E-state index in [0.29, 0.717) is 11.4 Å². The minimum absolute atomic E-state index is 0.106. The molecule has 0 atom stereocenters. The largest absolute Gasteiger partial charge is 0.437 e. The number of hydrogen-bond acceptors (Lipinski definition) is 6. The van der Waals surface area contributed by atoms with E-state index in [1.54, 1.807) is 18.3 Å². The molecule has 0 saturated heterocycles. The molecule has 0 saturated carbocycles. The van der Waals surface area contributed by atoms with E-state index in [1.807, 2.05) is 44.1 Å². The van der Waals surface area contributed by atoms with E-state index in [2.05, 4.69) is 15.3 Å². The van der Waals surface area contributed by atoms with Crippen molar-refractivity contribution in [3.8, 4) is 11.6 Å². The number of anilines is 3. The second kappa shape index (κ2) is 7.43. The fraction of sp³-hybridized carbons (Fsp3) is 0.222. The van der Waals surface area contributed by atoms with Crippen molar-refractivity contribution in [2.75, 3.05) is 24.3 Å². The van der Waals surface area contributed by atoms with Gasteiger partial charge in [0.1, 0.15) is 11.4 Å². The number of pyridine rings is 1. The molecule has 0 unspecified atom stereocenters. The van der Waals surface area contributed by atoms with Crippen molar-refractivity contribution in [2.45, 2.75) is 13.1 Å². The average molecular weight is 394 g/mol. The van der Waals surface area contributed by atoms with Crippen LogP contribution >= 0.6 is 11.3 Å². The highest BCUT2D eigenvalue weighted by Gasteiger charge is 2.33. The number of halogens is 3. The molecule has 2 heterocycles. The van der Waals surface area contributed by atoms with Crippen LogP contribution < -0.4 is 15.0 Å². The summed E-state index contributed by atoms with van der Waals surface area (Å²) in [4.78, 5) is 9.75. The number of alkyl halides is 3. The molecule has 0 aliphatic carbocycles. The molecule has 27 heavy (non-hydrogen) atoms. The highest BCUT2D eigenvalue weighted by atomic mass is 32.1. The van der Waals surface area contributed by atoms with Gasteiger partial charge in [-0.15, -0.1) is 11.3 Å². The Labute approximate surface area is 158 Å². The van der Waals surface area contributed by atoms with Crippen LogP contribution in [-0.2, 0) is 6.18 Å². The third kappa shape index (κ3) is 4.48. The van der Waals surface area contributed by atoms with Gasteiger partial charge in [-0.3, -0.25) is 0 Å². The Morgan fingerprint density at radius 3 is 2.56 bits per heavy atom. The molecular weight excluding hydrogens is 377 g/mol. The van der Waals surface area contributed by atoms with Gasteiger partial charge in [0.2, 0.25) is 5.88 Å². The van der Waals surface area contributed by atoms with Crippen LogP contribution in [0.5, 0.6) is 11.6 Å². The van der Waals surface area contributed by atoms with Gasteiger partial charge in [-0.25, -0.2) is 9.97 Å². The van der Waals surface area contributed by atoms with E-state index in [9.17, 15) is 13.2 Å². The maximum absolute atomic E-state index is 12.8. The molecule has 0 spiro atoms. The monoisotopic (exact) mass is 394 g/mol. The molecule has 0 bridgehead atoms. The van der Waals surface area contributed by atoms with Crippen LogP contribution in [0.3, 0.4) is 0 Å². The normalized spacial score (nSPS) is 11.3. The van der Waals surface area contributed by atoms with E-state index < -0.39 is 11.9 Å². The van der Waals surface area contributed by atoms with E-state index in [-0.39, 0.29) is 11.0 Å². The third-order valence-electron chi connectivity index (χ3n) is 3.69. The number of para-hydroxylation sites is 1. The first kappa shape index (κ1) is 19.0. The zero-order valence-electron chi connectivity index (χ0n) is 14.8. The van der Waals surface area contributed by atoms with Gasteiger partial charge in [0, 0.05) is 19.5 Å². The van der Waals surface area contributed by atoms with Gasteiger partial charge >= 0.3 is 6.18 Å². The van der Waals surface area contributed by atoms with Gasteiger partial charge in [-0.05, 0) is 24.6 Å². The highest BCUT2D eigenvalue weighted by Crippen LogP contribution is 2.36. The number of rotatable bonds is 5. The summed E-state index contributed by atoms with van der Waals surface area (Å²) in [5.41, 5.74) is 1.17. The Morgan fingerprint density at radius 2 is 1.93 bits per heavy atom. The lowest BCUT2D eigenvalue weighted by molar-refractivity contribution is -0.140. The molecule has 3 rings (SSSR count). The number of nitrogens with zero attached hydrogens (tertiary/aromatic N) is 3. The zero-order chi connectivity index (χ0) is 19.6. The van der Waals surface area contributed by atoms with E-state index in [1.165, 1.54) is 0 Å². The summed E-state index contributed by atoms with van der Waals surface area (Å²) >= 11 is 0.864. The number of hydrogen-bond donors (Lipinski definition) is 1. The summed E-state index contributed by atoms with van der Waals surface area (Å²) < 4.78 is 44.3. The Morgan fingerprint density at radius 1 is 1.19 bits per heavy atom. The maximum Gasteiger partial charge on any atom is 0.434 e. The van der Waals surface area contributed by atoms with Crippen molar-refractivity contribution in [1.29, 1.82) is 0 Å². The predicted octanol–water partition coefficient (Wildman–Crippen LogP) is 5.47. The molecule has 1 N–H and O–H groups in total. The Balaban J connectivity index is 1.95. The molecule has 1 aromatic carbocycles. The number of benzene rings is 1. The minimum atomic E-state index is -4.49. The molecule has 142 valence electrons. The van der Waals surface area contributed by atoms with E-state index in [0.717, 1.165) is 28.0 Å². The zero-order valence-corrected chi connectivity index (χ0v) is 15.6. The van der Waals surface area contributed by atoms with Crippen LogP contribution in [0.4, 0.5) is 29.7 Å². The second-order valence-corrected chi connectivity index (χ2v) is 6.83. The quantitative estimate of drug-likeness (QED) is 0.622. The standard InChI is InChI=1S/C18H17F3N4OS/c1-11-6-4-5-7-14(11)26-16-13(8-12(9-22-16)25(2)3)23-17-24-15(10-27-17)18(19,20)21/h4-10H,1-3H3,(H,23,24). The Kier molecular flexibility index (Phi) is 5.22. The number of nitrogens with one attached hydrogen (secondary N) is 1. The molecule has 0 fully saturated rings. The van der Waals surface area contributed by atoms with Crippen molar-refractivity contribution >= 4 is 27.8 Å². The smallest absolute Gasteiger partial charge is 0.434 e. The van der Waals surface area contributed by atoms with Gasteiger partial charge in [0.25, 0.3) is 0 Å². The maximum atomic E-state index is 12.8. The summed E-state index contributed by atoms with van der Waals surface area (Å²) in [5.74, 6) is 0.861. The number of thiazole rings is 1. The first-order valence-electron chi connectivity index (χ1n) is 7.94. The van der Waals surface area contributed by atoms with Gasteiger partial charge in [0.15, 0.2) is 10.8 Å². The van der Waals surface area contributed by atoms with Gasteiger partial charge < -0.3 is 15.0 Å². The average Bonchev–Trinajstić information content (AvgIpc) is 3.07. The SMILES string of the molecule is Cc1ccccc1Oc1ncc(N(C)C)cc1Nc1nc(C(F)(F)F)cs1. The molecular formula is C18H17F3N4OS. The number of ether oxygens (including phenoxy) is 1. The summed E-state index contributed by atoms with van der Waals surface area (Å²) in [6, 6.07) is 9.16. The van der Waals surface area contributed by atoms with Crippen LogP contribution in [0.1, 0.15) is 11.3 Å².